The summed E-state index contributed by atoms with van der Waals surface area (Å²) in [6, 6.07) is 0. The van der Waals surface area contributed by atoms with E-state index in [0.29, 0.717) is 19.3 Å². The SMILES string of the molecule is CCCCC(O)C/C=C/C1CCC(OC(=O)CCC)=C1SCCCCCC(=O)OC. The monoisotopic (exact) mass is 440 g/mol. The lowest BCUT2D eigenvalue weighted by Crippen LogP contribution is -2.05. The van der Waals surface area contributed by atoms with Gasteiger partial charge in [-0.15, -0.1) is 11.8 Å². The number of hydrogen-bond acceptors (Lipinski definition) is 6. The number of hydrogen-bond donors (Lipinski definition) is 1. The third-order valence-corrected chi connectivity index (χ3v) is 6.50. The molecule has 1 N–H and O–H groups in total. The molecule has 6 heteroatoms. The highest BCUT2D eigenvalue weighted by Crippen LogP contribution is 2.41. The van der Waals surface area contributed by atoms with Crippen LogP contribution in [0, 0.1) is 5.92 Å². The molecule has 30 heavy (non-hydrogen) atoms. The molecule has 0 heterocycles. The van der Waals surface area contributed by atoms with E-state index in [4.69, 9.17) is 4.74 Å². The van der Waals surface area contributed by atoms with Crippen molar-refractivity contribution in [2.24, 2.45) is 5.92 Å². The molecule has 0 saturated carbocycles. The number of aliphatic hydroxyl groups excluding tert-OH is 1. The molecule has 0 spiro atoms. The minimum Gasteiger partial charge on any atom is -0.469 e. The number of allylic oxidation sites excluding steroid dienone is 3. The maximum absolute atomic E-state index is 12.0. The summed E-state index contributed by atoms with van der Waals surface area (Å²) in [5.41, 5.74) is 0. The van der Waals surface area contributed by atoms with E-state index in [1.165, 1.54) is 7.11 Å². The number of rotatable bonds is 16. The molecule has 0 aromatic carbocycles. The minimum absolute atomic E-state index is 0.150. The van der Waals surface area contributed by atoms with E-state index >= 15 is 0 Å². The van der Waals surface area contributed by atoms with E-state index in [0.717, 1.165) is 74.2 Å². The molecule has 0 bridgehead atoms. The van der Waals surface area contributed by atoms with Crippen LogP contribution in [0.25, 0.3) is 0 Å². The molecule has 1 aliphatic carbocycles. The number of aliphatic hydroxyl groups is 1. The Morgan fingerprint density at radius 1 is 1.13 bits per heavy atom. The van der Waals surface area contributed by atoms with Crippen LogP contribution in [0.5, 0.6) is 0 Å². The summed E-state index contributed by atoms with van der Waals surface area (Å²) in [6.45, 7) is 4.11. The molecule has 1 rings (SSSR count). The van der Waals surface area contributed by atoms with Crippen molar-refractivity contribution >= 4 is 23.7 Å². The summed E-state index contributed by atoms with van der Waals surface area (Å²) in [6.07, 6.45) is 13.9. The molecule has 0 aromatic rings. The van der Waals surface area contributed by atoms with Crippen LogP contribution in [0.4, 0.5) is 0 Å². The van der Waals surface area contributed by atoms with Crippen LogP contribution in [-0.2, 0) is 19.1 Å². The van der Waals surface area contributed by atoms with Crippen molar-refractivity contribution in [1.82, 2.24) is 0 Å². The third kappa shape index (κ3) is 11.2. The van der Waals surface area contributed by atoms with Gasteiger partial charge in [-0.1, -0.05) is 45.3 Å². The summed E-state index contributed by atoms with van der Waals surface area (Å²) < 4.78 is 10.3. The second kappa shape index (κ2) is 16.4. The van der Waals surface area contributed by atoms with Crippen LogP contribution < -0.4 is 0 Å². The molecule has 172 valence electrons. The Balaban J connectivity index is 2.59. The fraction of sp³-hybridized carbons (Fsp3) is 0.750. The fourth-order valence-corrected chi connectivity index (χ4v) is 4.69. The van der Waals surface area contributed by atoms with Gasteiger partial charge in [-0.2, -0.15) is 0 Å². The van der Waals surface area contributed by atoms with Crippen molar-refractivity contribution in [3.8, 4) is 0 Å². The summed E-state index contributed by atoms with van der Waals surface area (Å²) in [5, 5.41) is 10.1. The quantitative estimate of drug-likeness (QED) is 0.183. The van der Waals surface area contributed by atoms with Gasteiger partial charge in [0, 0.05) is 30.1 Å². The van der Waals surface area contributed by atoms with Crippen molar-refractivity contribution in [2.75, 3.05) is 12.9 Å². The summed E-state index contributed by atoms with van der Waals surface area (Å²) in [4.78, 5) is 24.4. The Kier molecular flexibility index (Phi) is 14.7. The summed E-state index contributed by atoms with van der Waals surface area (Å²) in [7, 11) is 1.42. The van der Waals surface area contributed by atoms with Gasteiger partial charge in [0.15, 0.2) is 0 Å². The van der Waals surface area contributed by atoms with Gasteiger partial charge in [0.1, 0.15) is 5.76 Å². The van der Waals surface area contributed by atoms with E-state index in [1.807, 2.05) is 6.92 Å². The van der Waals surface area contributed by atoms with Crippen molar-refractivity contribution in [2.45, 2.75) is 97.0 Å². The van der Waals surface area contributed by atoms with E-state index in [-0.39, 0.29) is 24.0 Å². The number of carbonyl (C=O) groups excluding carboxylic acids is 2. The number of methoxy groups -OCH3 is 1. The lowest BCUT2D eigenvalue weighted by molar-refractivity contribution is -0.141. The zero-order chi connectivity index (χ0) is 22.2. The second-order valence-electron chi connectivity index (χ2n) is 7.85. The van der Waals surface area contributed by atoms with Crippen molar-refractivity contribution < 1.29 is 24.2 Å². The smallest absolute Gasteiger partial charge is 0.310 e. The predicted molar refractivity (Wildman–Crippen MR) is 123 cm³/mol. The first-order valence-corrected chi connectivity index (χ1v) is 12.5. The van der Waals surface area contributed by atoms with Crippen LogP contribution >= 0.6 is 11.8 Å². The van der Waals surface area contributed by atoms with Gasteiger partial charge < -0.3 is 14.6 Å². The van der Waals surface area contributed by atoms with E-state index in [1.54, 1.807) is 11.8 Å². The number of esters is 2. The number of ether oxygens (including phenoxy) is 2. The Morgan fingerprint density at radius 3 is 2.63 bits per heavy atom. The van der Waals surface area contributed by atoms with Gasteiger partial charge in [-0.05, 0) is 44.3 Å². The van der Waals surface area contributed by atoms with Crippen LogP contribution in [0.1, 0.15) is 90.9 Å². The normalized spacial score (nSPS) is 17.5. The second-order valence-corrected chi connectivity index (χ2v) is 8.99. The van der Waals surface area contributed by atoms with Gasteiger partial charge in [0.05, 0.1) is 13.2 Å². The number of carbonyl (C=O) groups is 2. The standard InChI is InChI=1S/C24H40O5S/c1-4-6-13-20(25)14-10-12-19-16-17-21(29-23(27)11-5-2)24(19)30-18-9-7-8-15-22(26)28-3/h10,12,19-20,25H,4-9,11,13-18H2,1-3H3/b12-10+. The zero-order valence-corrected chi connectivity index (χ0v) is 19.8. The van der Waals surface area contributed by atoms with E-state index in [9.17, 15) is 14.7 Å². The molecule has 2 unspecified atom stereocenters. The molecular formula is C24H40O5S. The first-order chi connectivity index (χ1) is 14.5. The van der Waals surface area contributed by atoms with Crippen molar-refractivity contribution in [3.05, 3.63) is 22.8 Å². The number of thioether (sulfide) groups is 1. The average molecular weight is 441 g/mol. The van der Waals surface area contributed by atoms with Gasteiger partial charge in [-0.25, -0.2) is 0 Å². The molecule has 5 nitrogen and oxygen atoms in total. The highest BCUT2D eigenvalue weighted by Gasteiger charge is 2.27. The van der Waals surface area contributed by atoms with Crippen LogP contribution in [-0.4, -0.2) is 36.0 Å². The van der Waals surface area contributed by atoms with Crippen molar-refractivity contribution in [3.63, 3.8) is 0 Å². The Labute approximate surface area is 186 Å². The summed E-state index contributed by atoms with van der Waals surface area (Å²) in [5.74, 6) is 1.72. The van der Waals surface area contributed by atoms with Gasteiger partial charge in [0.25, 0.3) is 0 Å². The molecular weight excluding hydrogens is 400 g/mol. The molecule has 0 aliphatic heterocycles. The molecule has 1 aliphatic rings. The van der Waals surface area contributed by atoms with Crippen LogP contribution in [0.3, 0.4) is 0 Å². The molecule has 0 aromatic heterocycles. The Morgan fingerprint density at radius 2 is 1.93 bits per heavy atom. The Bertz CT molecular complexity index is 570. The molecule has 0 saturated heterocycles. The molecule has 0 fully saturated rings. The maximum Gasteiger partial charge on any atom is 0.310 e. The zero-order valence-electron chi connectivity index (χ0n) is 19.0. The summed E-state index contributed by atoms with van der Waals surface area (Å²) >= 11 is 1.77. The largest absolute Gasteiger partial charge is 0.469 e. The fourth-order valence-electron chi connectivity index (χ4n) is 3.40. The number of unbranched alkanes of at least 4 members (excludes halogenated alkanes) is 3. The van der Waals surface area contributed by atoms with Crippen molar-refractivity contribution in [1.29, 1.82) is 0 Å². The highest BCUT2D eigenvalue weighted by atomic mass is 32.2. The van der Waals surface area contributed by atoms with E-state index in [2.05, 4.69) is 23.8 Å². The first kappa shape index (κ1) is 26.8. The van der Waals surface area contributed by atoms with Gasteiger partial charge in [0.2, 0.25) is 0 Å². The topological polar surface area (TPSA) is 72.8 Å². The maximum atomic E-state index is 12.0. The molecule has 2 atom stereocenters. The molecule has 0 amide bonds. The third-order valence-electron chi connectivity index (χ3n) is 5.16. The van der Waals surface area contributed by atoms with Gasteiger partial charge >= 0.3 is 11.9 Å². The predicted octanol–water partition coefficient (Wildman–Crippen LogP) is 5.92. The Hall–Kier alpha value is -1.27. The lowest BCUT2D eigenvalue weighted by atomic mass is 10.1. The highest BCUT2D eigenvalue weighted by molar-refractivity contribution is 8.03. The molecule has 0 radical (unpaired) electrons. The van der Waals surface area contributed by atoms with Crippen LogP contribution in [0.15, 0.2) is 22.8 Å². The lowest BCUT2D eigenvalue weighted by Gasteiger charge is -2.13. The average Bonchev–Trinajstić information content (AvgIpc) is 3.10. The first-order valence-electron chi connectivity index (χ1n) is 11.5. The van der Waals surface area contributed by atoms with Crippen LogP contribution in [0.2, 0.25) is 0 Å². The minimum atomic E-state index is -0.278. The van der Waals surface area contributed by atoms with Gasteiger partial charge in [-0.3, -0.25) is 9.59 Å². The van der Waals surface area contributed by atoms with E-state index < -0.39 is 0 Å².